The van der Waals surface area contributed by atoms with Gasteiger partial charge in [0.15, 0.2) is 0 Å². The Morgan fingerprint density at radius 3 is 2.44 bits per heavy atom. The molecule has 4 heteroatoms. The number of anilines is 1. The van der Waals surface area contributed by atoms with Crippen molar-refractivity contribution >= 4 is 11.6 Å². The molecule has 2 aliphatic rings. The molecule has 1 saturated heterocycles. The molecule has 1 aromatic rings. The van der Waals surface area contributed by atoms with Crippen LogP contribution in [0.3, 0.4) is 0 Å². The zero-order valence-corrected chi connectivity index (χ0v) is 15.4. The van der Waals surface area contributed by atoms with Crippen LogP contribution in [0.2, 0.25) is 0 Å². The standard InChI is InChI=1S/C21H33N3O/c22-19-10-4-3-9-18(19)11-12-20(25)23-17-21(13-5-1-6-14-21)24-15-7-2-8-16-24/h3-4,9-10H,1-2,5-8,11-17,22H2,(H,23,25). The fraction of sp³-hybridized carbons (Fsp3) is 0.667. The van der Waals surface area contributed by atoms with Crippen LogP contribution >= 0.6 is 0 Å². The average Bonchev–Trinajstić information content (AvgIpc) is 2.67. The number of carbonyl (C=O) groups excluding carboxylic acids is 1. The number of likely N-dealkylation sites (tertiary alicyclic amines) is 1. The van der Waals surface area contributed by atoms with Gasteiger partial charge in [-0.15, -0.1) is 0 Å². The lowest BCUT2D eigenvalue weighted by molar-refractivity contribution is -0.122. The molecule has 2 fully saturated rings. The number of piperidine rings is 1. The fourth-order valence-electron chi connectivity index (χ4n) is 4.54. The number of nitrogens with two attached hydrogens (primary N) is 1. The van der Waals surface area contributed by atoms with Crippen molar-refractivity contribution < 1.29 is 4.79 Å². The first kappa shape index (κ1) is 18.2. The first-order chi connectivity index (χ1) is 12.2. The quantitative estimate of drug-likeness (QED) is 0.777. The Bertz CT molecular complexity index is 560. The van der Waals surface area contributed by atoms with E-state index in [1.54, 1.807) is 0 Å². The number of benzene rings is 1. The largest absolute Gasteiger partial charge is 0.399 e. The predicted octanol–water partition coefficient (Wildman–Crippen LogP) is 3.51. The van der Waals surface area contributed by atoms with E-state index in [-0.39, 0.29) is 11.4 Å². The number of nitrogens with zero attached hydrogens (tertiary/aromatic N) is 1. The highest BCUT2D eigenvalue weighted by molar-refractivity contribution is 5.76. The molecule has 0 aromatic heterocycles. The number of rotatable bonds is 6. The van der Waals surface area contributed by atoms with Crippen LogP contribution in [-0.2, 0) is 11.2 Å². The number of nitrogens with one attached hydrogen (secondary N) is 1. The van der Waals surface area contributed by atoms with Crippen molar-refractivity contribution in [3.05, 3.63) is 29.8 Å². The minimum absolute atomic E-state index is 0.158. The molecule has 25 heavy (non-hydrogen) atoms. The van der Waals surface area contributed by atoms with E-state index in [0.717, 1.165) is 24.2 Å². The van der Waals surface area contributed by atoms with Crippen molar-refractivity contribution in [2.24, 2.45) is 0 Å². The Morgan fingerprint density at radius 1 is 1.04 bits per heavy atom. The summed E-state index contributed by atoms with van der Waals surface area (Å²) in [6, 6.07) is 7.83. The molecular weight excluding hydrogens is 310 g/mol. The highest BCUT2D eigenvalue weighted by Gasteiger charge is 2.38. The topological polar surface area (TPSA) is 58.4 Å². The maximum Gasteiger partial charge on any atom is 0.220 e. The summed E-state index contributed by atoms with van der Waals surface area (Å²) in [4.78, 5) is 15.1. The summed E-state index contributed by atoms with van der Waals surface area (Å²) in [5, 5.41) is 3.26. The van der Waals surface area contributed by atoms with Gasteiger partial charge in [0.1, 0.15) is 0 Å². The summed E-state index contributed by atoms with van der Waals surface area (Å²) in [5.74, 6) is 0.158. The number of nitrogen functional groups attached to an aromatic ring is 1. The van der Waals surface area contributed by atoms with Crippen LogP contribution in [-0.4, -0.2) is 36.0 Å². The van der Waals surface area contributed by atoms with E-state index in [1.807, 2.05) is 24.3 Å². The van der Waals surface area contributed by atoms with E-state index in [2.05, 4.69) is 10.2 Å². The van der Waals surface area contributed by atoms with Crippen LogP contribution in [0.25, 0.3) is 0 Å². The van der Waals surface area contributed by atoms with Gasteiger partial charge in [-0.3, -0.25) is 9.69 Å². The summed E-state index contributed by atoms with van der Waals surface area (Å²) in [5.41, 5.74) is 8.04. The molecular formula is C21H33N3O. The molecule has 0 unspecified atom stereocenters. The van der Waals surface area contributed by atoms with Gasteiger partial charge in [0, 0.05) is 24.2 Å². The van der Waals surface area contributed by atoms with Gasteiger partial charge in [0.25, 0.3) is 0 Å². The number of hydrogen-bond donors (Lipinski definition) is 2. The van der Waals surface area contributed by atoms with Gasteiger partial charge in [-0.25, -0.2) is 0 Å². The molecule has 1 amide bonds. The summed E-state index contributed by atoms with van der Waals surface area (Å²) in [7, 11) is 0. The van der Waals surface area contributed by atoms with Gasteiger partial charge in [-0.05, 0) is 56.8 Å². The van der Waals surface area contributed by atoms with Crippen molar-refractivity contribution in [1.29, 1.82) is 0 Å². The van der Waals surface area contributed by atoms with Gasteiger partial charge < -0.3 is 11.1 Å². The molecule has 1 aromatic carbocycles. The molecule has 4 nitrogen and oxygen atoms in total. The number of hydrogen-bond acceptors (Lipinski definition) is 3. The normalized spacial score (nSPS) is 21.0. The van der Waals surface area contributed by atoms with Crippen molar-refractivity contribution in [2.45, 2.75) is 69.7 Å². The highest BCUT2D eigenvalue weighted by atomic mass is 16.1. The Kier molecular flexibility index (Phi) is 6.35. The van der Waals surface area contributed by atoms with Crippen LogP contribution in [0.4, 0.5) is 5.69 Å². The van der Waals surface area contributed by atoms with Gasteiger partial charge >= 0.3 is 0 Å². The first-order valence-electron chi connectivity index (χ1n) is 10.0. The minimum Gasteiger partial charge on any atom is -0.399 e. The van der Waals surface area contributed by atoms with Crippen LogP contribution in [0.15, 0.2) is 24.3 Å². The molecule has 0 bridgehead atoms. The Hall–Kier alpha value is -1.55. The Labute approximate surface area is 152 Å². The fourth-order valence-corrected chi connectivity index (χ4v) is 4.54. The number of carbonyl (C=O) groups is 1. The number of aryl methyl sites for hydroxylation is 1. The van der Waals surface area contributed by atoms with Crippen molar-refractivity contribution in [3.63, 3.8) is 0 Å². The summed E-state index contributed by atoms with van der Waals surface area (Å²) in [6.07, 6.45) is 11.6. The SMILES string of the molecule is Nc1ccccc1CCC(=O)NCC1(N2CCCCC2)CCCCC1. The van der Waals surface area contributed by atoms with Crippen LogP contribution in [0.1, 0.15) is 63.4 Å². The van der Waals surface area contributed by atoms with Gasteiger partial charge in [0.05, 0.1) is 0 Å². The smallest absolute Gasteiger partial charge is 0.220 e. The third-order valence-electron chi connectivity index (χ3n) is 6.10. The highest BCUT2D eigenvalue weighted by Crippen LogP contribution is 2.35. The van der Waals surface area contributed by atoms with Crippen molar-refractivity contribution in [3.8, 4) is 0 Å². The molecule has 1 aliphatic heterocycles. The number of para-hydroxylation sites is 1. The van der Waals surface area contributed by atoms with Crippen LogP contribution in [0.5, 0.6) is 0 Å². The lowest BCUT2D eigenvalue weighted by Crippen LogP contribution is -2.58. The molecule has 0 spiro atoms. The minimum atomic E-state index is 0.158. The lowest BCUT2D eigenvalue weighted by Gasteiger charge is -2.48. The van der Waals surface area contributed by atoms with Crippen LogP contribution < -0.4 is 11.1 Å². The second kappa shape index (κ2) is 8.70. The maximum atomic E-state index is 12.4. The van der Waals surface area contributed by atoms with Gasteiger partial charge in [-0.2, -0.15) is 0 Å². The van der Waals surface area contributed by atoms with Crippen LogP contribution in [0, 0.1) is 0 Å². The zero-order valence-electron chi connectivity index (χ0n) is 15.4. The van der Waals surface area contributed by atoms with Gasteiger partial charge in [0.2, 0.25) is 5.91 Å². The average molecular weight is 344 g/mol. The maximum absolute atomic E-state index is 12.4. The summed E-state index contributed by atoms with van der Waals surface area (Å²) >= 11 is 0. The molecule has 3 N–H and O–H groups in total. The Balaban J connectivity index is 1.53. The monoisotopic (exact) mass is 343 g/mol. The molecule has 3 rings (SSSR count). The molecule has 0 atom stereocenters. The second-order valence-corrected chi connectivity index (χ2v) is 7.81. The van der Waals surface area contributed by atoms with E-state index in [1.165, 1.54) is 64.5 Å². The first-order valence-corrected chi connectivity index (χ1v) is 10.0. The summed E-state index contributed by atoms with van der Waals surface area (Å²) in [6.45, 7) is 3.23. The van der Waals surface area contributed by atoms with Gasteiger partial charge in [-0.1, -0.05) is 43.9 Å². The van der Waals surface area contributed by atoms with E-state index in [4.69, 9.17) is 5.73 Å². The summed E-state index contributed by atoms with van der Waals surface area (Å²) < 4.78 is 0. The second-order valence-electron chi connectivity index (χ2n) is 7.81. The number of amides is 1. The van der Waals surface area contributed by atoms with E-state index >= 15 is 0 Å². The molecule has 1 saturated carbocycles. The third kappa shape index (κ3) is 4.75. The van der Waals surface area contributed by atoms with Crippen molar-refractivity contribution in [1.82, 2.24) is 10.2 Å². The lowest BCUT2D eigenvalue weighted by atomic mass is 9.79. The zero-order chi connectivity index (χ0) is 17.5. The molecule has 1 heterocycles. The van der Waals surface area contributed by atoms with Crippen molar-refractivity contribution in [2.75, 3.05) is 25.4 Å². The van der Waals surface area contributed by atoms with E-state index < -0.39 is 0 Å². The molecule has 0 radical (unpaired) electrons. The van der Waals surface area contributed by atoms with E-state index in [9.17, 15) is 4.79 Å². The van der Waals surface area contributed by atoms with E-state index in [0.29, 0.717) is 6.42 Å². The predicted molar refractivity (Wildman–Crippen MR) is 103 cm³/mol. The molecule has 1 aliphatic carbocycles. The third-order valence-corrected chi connectivity index (χ3v) is 6.10. The Morgan fingerprint density at radius 2 is 1.72 bits per heavy atom. The molecule has 138 valence electrons.